The summed E-state index contributed by atoms with van der Waals surface area (Å²) in [5.74, 6) is 0. The van der Waals surface area contributed by atoms with Crippen molar-refractivity contribution in [1.82, 2.24) is 5.32 Å². The van der Waals surface area contributed by atoms with Gasteiger partial charge in [0.05, 0.1) is 4.92 Å². The van der Waals surface area contributed by atoms with E-state index in [0.717, 1.165) is 41.6 Å². The second-order valence-electron chi connectivity index (χ2n) is 5.17. The van der Waals surface area contributed by atoms with Crippen LogP contribution in [0.2, 0.25) is 0 Å². The molecule has 98 valence electrons. The molecule has 1 fully saturated rings. The predicted octanol–water partition coefficient (Wildman–Crippen LogP) is 3.25. The lowest BCUT2D eigenvalue weighted by molar-refractivity contribution is -0.386. The van der Waals surface area contributed by atoms with Gasteiger partial charge in [0.25, 0.3) is 5.69 Å². The molecule has 4 nitrogen and oxygen atoms in total. The molecular formula is C14H20N2O2. The van der Waals surface area contributed by atoms with Crippen LogP contribution in [0.5, 0.6) is 0 Å². The topological polar surface area (TPSA) is 55.2 Å². The summed E-state index contributed by atoms with van der Waals surface area (Å²) in [7, 11) is 0. The van der Waals surface area contributed by atoms with Crippen LogP contribution in [0.3, 0.4) is 0 Å². The van der Waals surface area contributed by atoms with Crippen LogP contribution in [0.4, 0.5) is 5.69 Å². The molecule has 2 rings (SSSR count). The molecule has 0 radical (unpaired) electrons. The van der Waals surface area contributed by atoms with Gasteiger partial charge in [-0.1, -0.05) is 0 Å². The van der Waals surface area contributed by atoms with Gasteiger partial charge in [-0.3, -0.25) is 10.1 Å². The summed E-state index contributed by atoms with van der Waals surface area (Å²) < 4.78 is 0. The van der Waals surface area contributed by atoms with Crippen LogP contribution in [0.15, 0.2) is 0 Å². The second-order valence-corrected chi connectivity index (χ2v) is 5.17. The van der Waals surface area contributed by atoms with Gasteiger partial charge < -0.3 is 5.32 Å². The van der Waals surface area contributed by atoms with Crippen LogP contribution >= 0.6 is 0 Å². The monoisotopic (exact) mass is 248 g/mol. The van der Waals surface area contributed by atoms with Crippen LogP contribution in [0, 0.1) is 37.8 Å². The third-order valence-electron chi connectivity index (χ3n) is 4.23. The largest absolute Gasteiger partial charge is 0.310 e. The van der Waals surface area contributed by atoms with Gasteiger partial charge in [-0.25, -0.2) is 0 Å². The van der Waals surface area contributed by atoms with Crippen LogP contribution < -0.4 is 5.32 Å². The van der Waals surface area contributed by atoms with E-state index in [2.05, 4.69) is 12.2 Å². The fourth-order valence-corrected chi connectivity index (χ4v) is 3.08. The van der Waals surface area contributed by atoms with E-state index in [1.165, 1.54) is 5.56 Å². The normalized spacial score (nSPS) is 19.2. The zero-order valence-electron chi connectivity index (χ0n) is 11.5. The Hall–Kier alpha value is -1.42. The highest BCUT2D eigenvalue weighted by atomic mass is 16.6. The Morgan fingerprint density at radius 2 is 1.78 bits per heavy atom. The lowest BCUT2D eigenvalue weighted by Crippen LogP contribution is -2.17. The number of rotatable bonds is 2. The Labute approximate surface area is 108 Å². The molecule has 1 aliphatic rings. The Balaban J connectivity index is 2.68. The summed E-state index contributed by atoms with van der Waals surface area (Å²) in [4.78, 5) is 11.0. The lowest BCUT2D eigenvalue weighted by atomic mass is 9.88. The molecule has 0 saturated carbocycles. The van der Waals surface area contributed by atoms with Crippen molar-refractivity contribution in [2.24, 2.45) is 0 Å². The molecule has 1 atom stereocenters. The fraction of sp³-hybridized carbons (Fsp3) is 0.571. The first kappa shape index (κ1) is 13.0. The summed E-state index contributed by atoms with van der Waals surface area (Å²) in [5.41, 5.74) is 5.33. The average molecular weight is 248 g/mol. The molecule has 0 aromatic heterocycles. The summed E-state index contributed by atoms with van der Waals surface area (Å²) in [5, 5.41) is 14.7. The van der Waals surface area contributed by atoms with E-state index in [4.69, 9.17) is 0 Å². The van der Waals surface area contributed by atoms with Crippen molar-refractivity contribution in [3.63, 3.8) is 0 Å². The third-order valence-corrected chi connectivity index (χ3v) is 4.23. The Kier molecular flexibility index (Phi) is 3.39. The standard InChI is InChI=1S/C14H20N2O2/c1-8-9(2)13(12-6-5-7-15-12)11(4)14(10(8)3)16(17)18/h12,15H,5-7H2,1-4H3. The molecular weight excluding hydrogens is 228 g/mol. The molecule has 0 bridgehead atoms. The summed E-state index contributed by atoms with van der Waals surface area (Å²) >= 11 is 0. The molecule has 0 spiro atoms. The van der Waals surface area contributed by atoms with E-state index < -0.39 is 0 Å². The van der Waals surface area contributed by atoms with Gasteiger partial charge in [0.1, 0.15) is 0 Å². The number of nitrogens with zero attached hydrogens (tertiary/aromatic N) is 1. The minimum absolute atomic E-state index is 0.241. The van der Waals surface area contributed by atoms with E-state index in [9.17, 15) is 10.1 Å². The third kappa shape index (κ3) is 1.90. The maximum absolute atomic E-state index is 11.3. The molecule has 18 heavy (non-hydrogen) atoms. The molecule has 1 aliphatic heterocycles. The second kappa shape index (κ2) is 4.69. The smallest absolute Gasteiger partial charge is 0.275 e. The number of nitro benzene ring substituents is 1. The quantitative estimate of drug-likeness (QED) is 0.645. The van der Waals surface area contributed by atoms with E-state index in [0.29, 0.717) is 5.69 Å². The van der Waals surface area contributed by atoms with E-state index in [1.807, 2.05) is 20.8 Å². The van der Waals surface area contributed by atoms with E-state index >= 15 is 0 Å². The van der Waals surface area contributed by atoms with Crippen molar-refractivity contribution in [1.29, 1.82) is 0 Å². The van der Waals surface area contributed by atoms with Crippen molar-refractivity contribution < 1.29 is 4.92 Å². The maximum atomic E-state index is 11.3. The number of hydrogen-bond donors (Lipinski definition) is 1. The number of nitro groups is 1. The zero-order chi connectivity index (χ0) is 13.4. The summed E-state index contributed by atoms with van der Waals surface area (Å²) in [6.07, 6.45) is 2.21. The van der Waals surface area contributed by atoms with Crippen molar-refractivity contribution in [2.75, 3.05) is 6.54 Å². The molecule has 1 unspecified atom stereocenters. The van der Waals surface area contributed by atoms with Crippen LogP contribution in [-0.2, 0) is 0 Å². The molecule has 0 aliphatic carbocycles. The van der Waals surface area contributed by atoms with E-state index in [-0.39, 0.29) is 11.0 Å². The van der Waals surface area contributed by atoms with Crippen molar-refractivity contribution in [2.45, 2.75) is 46.6 Å². The van der Waals surface area contributed by atoms with Crippen molar-refractivity contribution >= 4 is 5.69 Å². The number of nitrogens with one attached hydrogen (secondary N) is 1. The molecule has 1 saturated heterocycles. The summed E-state index contributed by atoms with van der Waals surface area (Å²) in [6, 6.07) is 0.281. The highest BCUT2D eigenvalue weighted by Crippen LogP contribution is 2.37. The molecule has 1 aromatic carbocycles. The first-order valence-corrected chi connectivity index (χ1v) is 6.43. The molecule has 0 amide bonds. The number of hydrogen-bond acceptors (Lipinski definition) is 3. The van der Waals surface area contributed by atoms with Gasteiger partial charge >= 0.3 is 0 Å². The lowest BCUT2D eigenvalue weighted by Gasteiger charge is -2.20. The fourth-order valence-electron chi connectivity index (χ4n) is 3.08. The zero-order valence-corrected chi connectivity index (χ0v) is 11.5. The van der Waals surface area contributed by atoms with Crippen LogP contribution in [-0.4, -0.2) is 11.5 Å². The number of benzene rings is 1. The summed E-state index contributed by atoms with van der Waals surface area (Å²) in [6.45, 7) is 8.79. The highest BCUT2D eigenvalue weighted by Gasteiger charge is 2.28. The van der Waals surface area contributed by atoms with Gasteiger partial charge in [-0.05, 0) is 63.8 Å². The van der Waals surface area contributed by atoms with E-state index in [1.54, 1.807) is 0 Å². The molecule has 1 aromatic rings. The minimum atomic E-state index is -0.241. The van der Waals surface area contributed by atoms with Gasteiger partial charge in [-0.2, -0.15) is 0 Å². The molecule has 1 N–H and O–H groups in total. The van der Waals surface area contributed by atoms with Crippen LogP contribution in [0.25, 0.3) is 0 Å². The van der Waals surface area contributed by atoms with Gasteiger partial charge in [0.15, 0.2) is 0 Å². The molecule has 4 heteroatoms. The van der Waals surface area contributed by atoms with Gasteiger partial charge in [0, 0.05) is 17.2 Å². The minimum Gasteiger partial charge on any atom is -0.310 e. The first-order valence-electron chi connectivity index (χ1n) is 6.43. The Morgan fingerprint density at radius 1 is 1.11 bits per heavy atom. The highest BCUT2D eigenvalue weighted by molar-refractivity contribution is 5.59. The predicted molar refractivity (Wildman–Crippen MR) is 72.0 cm³/mol. The Bertz CT molecular complexity index is 503. The SMILES string of the molecule is Cc1c(C)c(C2CCCN2)c(C)c([N+](=O)[O-])c1C. The van der Waals surface area contributed by atoms with Crippen molar-refractivity contribution in [3.05, 3.63) is 37.9 Å². The maximum Gasteiger partial charge on any atom is 0.275 e. The van der Waals surface area contributed by atoms with Gasteiger partial charge in [-0.15, -0.1) is 0 Å². The van der Waals surface area contributed by atoms with Crippen molar-refractivity contribution in [3.8, 4) is 0 Å². The molecule has 1 heterocycles. The van der Waals surface area contributed by atoms with Gasteiger partial charge in [0.2, 0.25) is 0 Å². The van der Waals surface area contributed by atoms with Crippen LogP contribution in [0.1, 0.15) is 46.7 Å². The Morgan fingerprint density at radius 3 is 2.28 bits per heavy atom. The first-order chi connectivity index (χ1) is 8.45. The average Bonchev–Trinajstić information content (AvgIpc) is 2.79.